The van der Waals surface area contributed by atoms with Gasteiger partial charge in [0, 0.05) is 11.6 Å². The minimum atomic E-state index is -1.00. The number of carbonyl (C=O) groups excluding carboxylic acids is 1. The van der Waals surface area contributed by atoms with Gasteiger partial charge in [0.1, 0.15) is 17.6 Å². The van der Waals surface area contributed by atoms with E-state index in [9.17, 15) is 10.1 Å². The zero-order chi connectivity index (χ0) is 18.2. The van der Waals surface area contributed by atoms with Gasteiger partial charge in [-0.05, 0) is 37.1 Å². The molecule has 1 N–H and O–H groups in total. The molecule has 5 heteroatoms. The van der Waals surface area contributed by atoms with E-state index in [0.717, 1.165) is 0 Å². The van der Waals surface area contributed by atoms with Crippen LogP contribution < -0.4 is 10.1 Å². The fourth-order valence-corrected chi connectivity index (χ4v) is 2.03. The number of amides is 1. The summed E-state index contributed by atoms with van der Waals surface area (Å²) < 4.78 is 11.0. The average molecular weight is 338 g/mol. The predicted molar refractivity (Wildman–Crippen MR) is 95.2 cm³/mol. The van der Waals surface area contributed by atoms with Crippen LogP contribution in [0.4, 0.5) is 4.79 Å². The molecule has 0 saturated heterocycles. The van der Waals surface area contributed by atoms with Crippen LogP contribution >= 0.6 is 0 Å². The number of rotatable bonds is 6. The molecule has 0 aromatic heterocycles. The summed E-state index contributed by atoms with van der Waals surface area (Å²) in [6.07, 6.45) is -1.61. The van der Waals surface area contributed by atoms with Gasteiger partial charge in [-0.2, -0.15) is 5.26 Å². The van der Waals surface area contributed by atoms with Gasteiger partial charge in [-0.3, -0.25) is 0 Å². The fourth-order valence-electron chi connectivity index (χ4n) is 2.03. The number of hydrogen-bond donors (Lipinski definition) is 1. The summed E-state index contributed by atoms with van der Waals surface area (Å²) in [6.45, 7) is 5.88. The Balaban J connectivity index is 2.06. The molecule has 1 amide bonds. The highest BCUT2D eigenvalue weighted by atomic mass is 16.6. The van der Waals surface area contributed by atoms with E-state index >= 15 is 0 Å². The molecule has 0 aliphatic rings. The molecule has 0 spiro atoms. The van der Waals surface area contributed by atoms with E-state index in [2.05, 4.69) is 5.32 Å². The normalized spacial score (nSPS) is 12.8. The lowest BCUT2D eigenvalue weighted by Crippen LogP contribution is -2.37. The Morgan fingerprint density at radius 1 is 1.04 bits per heavy atom. The Morgan fingerprint density at radius 3 is 2.36 bits per heavy atom. The van der Waals surface area contributed by atoms with Gasteiger partial charge in [0.2, 0.25) is 6.10 Å². The Hall–Kier alpha value is -3.00. The second-order valence-electron chi connectivity index (χ2n) is 6.08. The molecule has 5 nitrogen and oxygen atoms in total. The summed E-state index contributed by atoms with van der Waals surface area (Å²) in [4.78, 5) is 12.0. The van der Waals surface area contributed by atoms with Crippen molar-refractivity contribution in [2.45, 2.75) is 32.9 Å². The van der Waals surface area contributed by atoms with E-state index in [0.29, 0.717) is 17.1 Å². The average Bonchev–Trinajstić information content (AvgIpc) is 2.60. The zero-order valence-electron chi connectivity index (χ0n) is 14.6. The first-order chi connectivity index (χ1) is 12.0. The summed E-state index contributed by atoms with van der Waals surface area (Å²) in [6, 6.07) is 18.3. The molecule has 0 aliphatic carbocycles. The molecule has 0 saturated carbocycles. The van der Waals surface area contributed by atoms with Crippen LogP contribution in [0.2, 0.25) is 0 Å². The van der Waals surface area contributed by atoms with Gasteiger partial charge >= 0.3 is 6.09 Å². The topological polar surface area (TPSA) is 71.3 Å². The molecule has 0 heterocycles. The summed E-state index contributed by atoms with van der Waals surface area (Å²) in [5.74, 6) is 1.54. The Morgan fingerprint density at radius 2 is 1.72 bits per heavy atom. The first kappa shape index (κ1) is 18.3. The molecule has 2 rings (SSSR count). The second kappa shape index (κ2) is 8.74. The van der Waals surface area contributed by atoms with Gasteiger partial charge in [-0.15, -0.1) is 0 Å². The monoisotopic (exact) mass is 338 g/mol. The second-order valence-corrected chi connectivity index (χ2v) is 6.08. The van der Waals surface area contributed by atoms with Crippen molar-refractivity contribution in [3.05, 3.63) is 60.2 Å². The number of nitrogens with zero attached hydrogens (tertiary/aromatic N) is 1. The van der Waals surface area contributed by atoms with Crippen molar-refractivity contribution in [2.75, 3.05) is 0 Å². The highest BCUT2D eigenvalue weighted by Crippen LogP contribution is 2.26. The van der Waals surface area contributed by atoms with E-state index in [1.807, 2.05) is 57.2 Å². The van der Waals surface area contributed by atoms with Crippen LogP contribution in [-0.4, -0.2) is 12.1 Å². The maximum atomic E-state index is 12.0. The van der Waals surface area contributed by atoms with E-state index < -0.39 is 12.2 Å². The first-order valence-electron chi connectivity index (χ1n) is 8.19. The molecule has 0 bridgehead atoms. The van der Waals surface area contributed by atoms with Crippen molar-refractivity contribution in [1.82, 2.24) is 5.32 Å². The smallest absolute Gasteiger partial charge is 0.409 e. The highest BCUT2D eigenvalue weighted by Gasteiger charge is 2.19. The molecule has 0 radical (unpaired) electrons. The number of nitrogens with one attached hydrogen (secondary N) is 1. The van der Waals surface area contributed by atoms with E-state index in [4.69, 9.17) is 9.47 Å². The number of alkyl carbamates (subject to hydrolysis) is 1. The number of benzene rings is 2. The summed E-state index contributed by atoms with van der Waals surface area (Å²) in [7, 11) is 0. The van der Waals surface area contributed by atoms with Gasteiger partial charge in [-0.1, -0.05) is 44.2 Å². The number of ether oxygens (including phenoxy) is 2. The zero-order valence-corrected chi connectivity index (χ0v) is 14.6. The number of hydrogen-bond acceptors (Lipinski definition) is 4. The van der Waals surface area contributed by atoms with Crippen LogP contribution in [0.3, 0.4) is 0 Å². The van der Waals surface area contributed by atoms with Crippen LogP contribution in [0.15, 0.2) is 54.6 Å². The Kier molecular flexibility index (Phi) is 6.41. The lowest BCUT2D eigenvalue weighted by atomic mass is 10.1. The molecular weight excluding hydrogens is 316 g/mol. The van der Waals surface area contributed by atoms with Crippen molar-refractivity contribution in [3.8, 4) is 17.6 Å². The minimum Gasteiger partial charge on any atom is -0.457 e. The maximum absolute atomic E-state index is 12.0. The fraction of sp³-hybridized carbons (Fsp3) is 0.300. The van der Waals surface area contributed by atoms with E-state index in [-0.39, 0.29) is 12.0 Å². The molecule has 2 unspecified atom stereocenters. The summed E-state index contributed by atoms with van der Waals surface area (Å²) in [5, 5.41) is 12.1. The van der Waals surface area contributed by atoms with Crippen molar-refractivity contribution < 1.29 is 14.3 Å². The van der Waals surface area contributed by atoms with Crippen LogP contribution in [0, 0.1) is 17.2 Å². The third kappa shape index (κ3) is 5.54. The molecular formula is C20H22N2O3. The molecule has 130 valence electrons. The van der Waals surface area contributed by atoms with Gasteiger partial charge in [0.25, 0.3) is 0 Å². The van der Waals surface area contributed by atoms with Crippen molar-refractivity contribution in [2.24, 2.45) is 5.92 Å². The van der Waals surface area contributed by atoms with Crippen LogP contribution in [-0.2, 0) is 4.74 Å². The van der Waals surface area contributed by atoms with Crippen LogP contribution in [0.25, 0.3) is 0 Å². The first-order valence-corrected chi connectivity index (χ1v) is 8.19. The van der Waals surface area contributed by atoms with Gasteiger partial charge in [0.05, 0.1) is 0 Å². The number of carbonyl (C=O) groups is 1. The molecule has 25 heavy (non-hydrogen) atoms. The lowest BCUT2D eigenvalue weighted by molar-refractivity contribution is 0.117. The summed E-state index contributed by atoms with van der Waals surface area (Å²) in [5.41, 5.74) is 0.559. The number of nitriles is 1. The highest BCUT2D eigenvalue weighted by molar-refractivity contribution is 5.68. The van der Waals surface area contributed by atoms with Crippen LogP contribution in [0.5, 0.6) is 11.5 Å². The quantitative estimate of drug-likeness (QED) is 0.820. The van der Waals surface area contributed by atoms with Crippen LogP contribution in [0.1, 0.15) is 32.4 Å². The van der Waals surface area contributed by atoms with Gasteiger partial charge < -0.3 is 14.8 Å². The van der Waals surface area contributed by atoms with Crippen molar-refractivity contribution >= 4 is 6.09 Å². The molecule has 2 aromatic carbocycles. The lowest BCUT2D eigenvalue weighted by Gasteiger charge is -2.19. The predicted octanol–water partition coefficient (Wildman–Crippen LogP) is 4.81. The standard InChI is InChI=1S/C20H22N2O3/c1-14(2)15(3)22-20(23)25-19(13-21)16-8-7-11-18(12-16)24-17-9-5-4-6-10-17/h4-12,14-15,19H,1-3H3,(H,22,23). The molecule has 2 aromatic rings. The third-order valence-electron chi connectivity index (χ3n) is 3.83. The minimum absolute atomic E-state index is 0.0420. The number of para-hydroxylation sites is 1. The van der Waals surface area contributed by atoms with Gasteiger partial charge in [0.15, 0.2) is 0 Å². The van der Waals surface area contributed by atoms with Crippen molar-refractivity contribution in [1.29, 1.82) is 5.26 Å². The molecule has 2 atom stereocenters. The third-order valence-corrected chi connectivity index (χ3v) is 3.83. The maximum Gasteiger partial charge on any atom is 0.409 e. The van der Waals surface area contributed by atoms with Crippen molar-refractivity contribution in [3.63, 3.8) is 0 Å². The Bertz CT molecular complexity index is 738. The van der Waals surface area contributed by atoms with E-state index in [1.54, 1.807) is 24.3 Å². The van der Waals surface area contributed by atoms with Gasteiger partial charge in [-0.25, -0.2) is 4.79 Å². The largest absolute Gasteiger partial charge is 0.457 e. The summed E-state index contributed by atoms with van der Waals surface area (Å²) >= 11 is 0. The molecule has 0 fully saturated rings. The van der Waals surface area contributed by atoms with E-state index in [1.165, 1.54) is 0 Å². The SMILES string of the molecule is CC(C)C(C)NC(=O)OC(C#N)c1cccc(Oc2ccccc2)c1. The molecule has 0 aliphatic heterocycles. The Labute approximate surface area is 148 Å².